The molecule has 1 rings (SSSR count). The number of benzene rings is 1. The van der Waals surface area contributed by atoms with Crippen LogP contribution in [0.15, 0.2) is 24.3 Å². The molecule has 0 aliphatic heterocycles. The number of ketones is 1. The predicted molar refractivity (Wildman–Crippen MR) is 59.2 cm³/mol. The first-order chi connectivity index (χ1) is 6.15. The van der Waals surface area contributed by atoms with E-state index < -0.39 is 0 Å². The average molecular weight is 282 g/mol. The Kier molecular flexibility index (Phi) is 4.23. The van der Waals surface area contributed by atoms with E-state index in [0.29, 0.717) is 10.6 Å². The van der Waals surface area contributed by atoms with Gasteiger partial charge in [0.2, 0.25) is 0 Å². The molecule has 0 heterocycles. The van der Waals surface area contributed by atoms with E-state index in [-0.39, 0.29) is 16.5 Å². The summed E-state index contributed by atoms with van der Waals surface area (Å²) in [6.07, 6.45) is 0. The second-order valence-electron chi connectivity index (χ2n) is 2.49. The maximum Gasteiger partial charge on any atom is 0.177 e. The molecule has 0 fully saturated rings. The third-order valence-electron chi connectivity index (χ3n) is 1.55. The second kappa shape index (κ2) is 4.99. The number of alkyl halides is 2. The van der Waals surface area contributed by atoms with Crippen LogP contribution < -0.4 is 0 Å². The van der Waals surface area contributed by atoms with Gasteiger partial charge in [0.1, 0.15) is 0 Å². The summed E-state index contributed by atoms with van der Waals surface area (Å²) in [5.41, 5.74) is 0.618. The predicted octanol–water partition coefficient (Wildman–Crippen LogP) is 3.53. The molecule has 1 nitrogen and oxygen atoms in total. The monoisotopic (exact) mass is 280 g/mol. The van der Waals surface area contributed by atoms with Crippen molar-refractivity contribution in [3.05, 3.63) is 34.9 Å². The average Bonchev–Trinajstić information content (AvgIpc) is 2.17. The van der Waals surface area contributed by atoms with Crippen LogP contribution in [0.4, 0.5) is 0 Å². The van der Waals surface area contributed by atoms with Gasteiger partial charge < -0.3 is 0 Å². The fourth-order valence-corrected chi connectivity index (χ4v) is 1.40. The standard InChI is InChI=1S/C9H7BrCl2O/c10-8(5-11)9(13)6-1-3-7(12)4-2-6/h1-4,8H,5H2. The highest BCUT2D eigenvalue weighted by atomic mass is 79.9. The lowest BCUT2D eigenvalue weighted by molar-refractivity contribution is 0.0997. The van der Waals surface area contributed by atoms with Crippen LogP contribution in [-0.2, 0) is 0 Å². The second-order valence-corrected chi connectivity index (χ2v) is 4.34. The van der Waals surface area contributed by atoms with E-state index in [2.05, 4.69) is 15.9 Å². The van der Waals surface area contributed by atoms with Crippen molar-refractivity contribution >= 4 is 44.9 Å². The van der Waals surface area contributed by atoms with E-state index in [0.717, 1.165) is 0 Å². The Hall–Kier alpha value is -0.0500. The molecular weight excluding hydrogens is 275 g/mol. The lowest BCUT2D eigenvalue weighted by Gasteiger charge is -2.04. The third kappa shape index (κ3) is 2.97. The van der Waals surface area contributed by atoms with Gasteiger partial charge in [-0.1, -0.05) is 27.5 Å². The Balaban J connectivity index is 2.83. The van der Waals surface area contributed by atoms with Gasteiger partial charge in [-0.05, 0) is 24.3 Å². The molecule has 1 unspecified atom stereocenters. The summed E-state index contributed by atoms with van der Waals surface area (Å²) in [6.45, 7) is 0. The number of carbonyl (C=O) groups excluding carboxylic acids is 1. The van der Waals surface area contributed by atoms with Crippen molar-refractivity contribution in [2.45, 2.75) is 4.83 Å². The van der Waals surface area contributed by atoms with Crippen LogP contribution in [-0.4, -0.2) is 16.5 Å². The third-order valence-corrected chi connectivity index (χ3v) is 3.22. The maximum atomic E-state index is 11.5. The largest absolute Gasteiger partial charge is 0.293 e. The topological polar surface area (TPSA) is 17.1 Å². The summed E-state index contributed by atoms with van der Waals surface area (Å²) in [5, 5.41) is 0.619. The van der Waals surface area contributed by atoms with Crippen molar-refractivity contribution in [3.63, 3.8) is 0 Å². The zero-order valence-corrected chi connectivity index (χ0v) is 9.73. The zero-order valence-electron chi connectivity index (χ0n) is 6.64. The van der Waals surface area contributed by atoms with Crippen LogP contribution in [0, 0.1) is 0 Å². The van der Waals surface area contributed by atoms with Gasteiger partial charge in [0.15, 0.2) is 5.78 Å². The minimum atomic E-state index is -0.324. The van der Waals surface area contributed by atoms with Gasteiger partial charge in [-0.15, -0.1) is 11.6 Å². The van der Waals surface area contributed by atoms with E-state index in [1.165, 1.54) is 0 Å². The summed E-state index contributed by atoms with van der Waals surface area (Å²) in [4.78, 5) is 11.2. The smallest absolute Gasteiger partial charge is 0.177 e. The molecule has 1 aromatic carbocycles. The van der Waals surface area contributed by atoms with Crippen LogP contribution >= 0.6 is 39.1 Å². The molecule has 1 aromatic rings. The van der Waals surface area contributed by atoms with Crippen molar-refractivity contribution < 1.29 is 4.79 Å². The Morgan fingerprint density at radius 2 is 1.92 bits per heavy atom. The fraction of sp³-hybridized carbons (Fsp3) is 0.222. The first-order valence-electron chi connectivity index (χ1n) is 3.65. The van der Waals surface area contributed by atoms with Crippen LogP contribution in [0.1, 0.15) is 10.4 Å². The van der Waals surface area contributed by atoms with Gasteiger partial charge in [0.05, 0.1) is 4.83 Å². The van der Waals surface area contributed by atoms with Crippen LogP contribution in [0.5, 0.6) is 0 Å². The molecule has 0 spiro atoms. The van der Waals surface area contributed by atoms with E-state index in [9.17, 15) is 4.79 Å². The number of rotatable bonds is 3. The van der Waals surface area contributed by atoms with Gasteiger partial charge in [-0.25, -0.2) is 0 Å². The number of hydrogen-bond donors (Lipinski definition) is 0. The van der Waals surface area contributed by atoms with E-state index >= 15 is 0 Å². The molecule has 70 valence electrons. The van der Waals surface area contributed by atoms with Crippen molar-refractivity contribution in [2.75, 3.05) is 5.88 Å². The SMILES string of the molecule is O=C(c1ccc(Cl)cc1)C(Br)CCl. The molecule has 0 saturated carbocycles. The van der Waals surface area contributed by atoms with E-state index in [1.807, 2.05) is 0 Å². The fourth-order valence-electron chi connectivity index (χ4n) is 0.865. The number of Topliss-reactive ketones (excluding diaryl/α,β-unsaturated/α-hetero) is 1. The number of carbonyl (C=O) groups is 1. The lowest BCUT2D eigenvalue weighted by Crippen LogP contribution is -2.15. The summed E-state index contributed by atoms with van der Waals surface area (Å²) >= 11 is 14.4. The molecule has 4 heteroatoms. The van der Waals surface area contributed by atoms with Gasteiger partial charge >= 0.3 is 0 Å². The maximum absolute atomic E-state index is 11.5. The molecule has 0 amide bonds. The highest BCUT2D eigenvalue weighted by molar-refractivity contribution is 9.10. The molecule has 0 radical (unpaired) electrons. The Labute approximate surface area is 95.2 Å². The molecule has 0 aromatic heterocycles. The first-order valence-corrected chi connectivity index (χ1v) is 5.48. The molecule has 0 N–H and O–H groups in total. The van der Waals surface area contributed by atoms with E-state index in [4.69, 9.17) is 23.2 Å². The Morgan fingerprint density at radius 1 is 1.38 bits per heavy atom. The lowest BCUT2D eigenvalue weighted by atomic mass is 10.1. The van der Waals surface area contributed by atoms with Gasteiger partial charge in [0, 0.05) is 16.5 Å². The minimum absolute atomic E-state index is 0.0216. The van der Waals surface area contributed by atoms with E-state index in [1.54, 1.807) is 24.3 Å². The number of halogens is 3. The molecule has 0 saturated heterocycles. The van der Waals surface area contributed by atoms with Crippen LogP contribution in [0.25, 0.3) is 0 Å². The summed E-state index contributed by atoms with van der Waals surface area (Å²) in [6, 6.07) is 6.74. The summed E-state index contributed by atoms with van der Waals surface area (Å²) in [7, 11) is 0. The zero-order chi connectivity index (χ0) is 9.84. The highest BCUT2D eigenvalue weighted by Crippen LogP contribution is 2.14. The van der Waals surface area contributed by atoms with Crippen LogP contribution in [0.2, 0.25) is 5.02 Å². The van der Waals surface area contributed by atoms with Crippen LogP contribution in [0.3, 0.4) is 0 Å². The van der Waals surface area contributed by atoms with Crippen molar-refractivity contribution in [3.8, 4) is 0 Å². The van der Waals surface area contributed by atoms with Crippen molar-refractivity contribution in [2.24, 2.45) is 0 Å². The molecule has 13 heavy (non-hydrogen) atoms. The quantitative estimate of drug-likeness (QED) is 0.612. The highest BCUT2D eigenvalue weighted by Gasteiger charge is 2.14. The molecular formula is C9H7BrCl2O. The Morgan fingerprint density at radius 3 is 2.38 bits per heavy atom. The molecule has 0 bridgehead atoms. The van der Waals surface area contributed by atoms with Gasteiger partial charge in [-0.2, -0.15) is 0 Å². The summed E-state index contributed by atoms with van der Waals surface area (Å²) < 4.78 is 0. The molecule has 0 aliphatic rings. The minimum Gasteiger partial charge on any atom is -0.293 e. The normalized spacial score (nSPS) is 12.5. The molecule has 0 aliphatic carbocycles. The number of hydrogen-bond acceptors (Lipinski definition) is 1. The molecule has 1 atom stereocenters. The first kappa shape index (κ1) is 11.0. The summed E-state index contributed by atoms with van der Waals surface area (Å²) in [5.74, 6) is 0.244. The van der Waals surface area contributed by atoms with Gasteiger partial charge in [-0.3, -0.25) is 4.79 Å². The Bertz CT molecular complexity index is 297. The van der Waals surface area contributed by atoms with Crippen molar-refractivity contribution in [1.29, 1.82) is 0 Å². The van der Waals surface area contributed by atoms with Crippen molar-refractivity contribution in [1.82, 2.24) is 0 Å². The van der Waals surface area contributed by atoms with Gasteiger partial charge in [0.25, 0.3) is 0 Å².